The summed E-state index contributed by atoms with van der Waals surface area (Å²) in [6.07, 6.45) is -0.271. The van der Waals surface area contributed by atoms with Gasteiger partial charge >= 0.3 is 0 Å². The number of hydrogen-bond acceptors (Lipinski definition) is 5. The van der Waals surface area contributed by atoms with E-state index in [0.717, 1.165) is 0 Å². The highest BCUT2D eigenvalue weighted by Crippen LogP contribution is 2.33. The number of carbonyl (C=O) groups is 1. The van der Waals surface area contributed by atoms with E-state index in [-0.39, 0.29) is 12.0 Å². The van der Waals surface area contributed by atoms with Crippen LogP contribution in [0.2, 0.25) is 5.02 Å². The second-order valence-corrected chi connectivity index (χ2v) is 7.03. The van der Waals surface area contributed by atoms with Crippen LogP contribution in [0.15, 0.2) is 53.1 Å². The van der Waals surface area contributed by atoms with Crippen LogP contribution in [0.25, 0.3) is 11.3 Å². The Balaban J connectivity index is 1.54. The summed E-state index contributed by atoms with van der Waals surface area (Å²) in [5, 5.41) is 4.57. The highest BCUT2D eigenvalue weighted by Gasteiger charge is 2.29. The standard InChI is InChI=1S/C21H19ClN2O4/c1-13-19(20(23-28-13)15-7-3-4-8-16(15)22)21(25)24(2)11-14-12-26-17-9-5-6-10-18(17)27-14/h3-10,14H,11-12H2,1-2H3. The Bertz CT molecular complexity index is 1020. The number of amides is 1. The van der Waals surface area contributed by atoms with E-state index in [4.69, 9.17) is 25.6 Å². The van der Waals surface area contributed by atoms with Gasteiger partial charge in [-0.3, -0.25) is 4.79 Å². The summed E-state index contributed by atoms with van der Waals surface area (Å²) in [6.45, 7) is 2.44. The Labute approximate surface area is 167 Å². The smallest absolute Gasteiger partial charge is 0.259 e. The zero-order chi connectivity index (χ0) is 19.7. The molecule has 0 fully saturated rings. The molecule has 6 nitrogen and oxygen atoms in total. The fourth-order valence-electron chi connectivity index (χ4n) is 3.19. The molecule has 4 rings (SSSR count). The van der Waals surface area contributed by atoms with E-state index in [1.807, 2.05) is 42.5 Å². The molecular weight excluding hydrogens is 380 g/mol. The van der Waals surface area contributed by atoms with Gasteiger partial charge in [-0.25, -0.2) is 0 Å². The lowest BCUT2D eigenvalue weighted by Crippen LogP contribution is -2.42. The normalized spacial score (nSPS) is 15.3. The van der Waals surface area contributed by atoms with Crippen LogP contribution in [0.4, 0.5) is 0 Å². The fourth-order valence-corrected chi connectivity index (χ4v) is 3.42. The highest BCUT2D eigenvalue weighted by molar-refractivity contribution is 6.33. The lowest BCUT2D eigenvalue weighted by Gasteiger charge is -2.29. The molecule has 1 aliphatic heterocycles. The lowest BCUT2D eigenvalue weighted by atomic mass is 10.0. The van der Waals surface area contributed by atoms with Crippen molar-refractivity contribution in [2.24, 2.45) is 0 Å². The molecule has 3 aromatic rings. The van der Waals surface area contributed by atoms with Crippen molar-refractivity contribution in [1.29, 1.82) is 0 Å². The first-order valence-corrected chi connectivity index (χ1v) is 9.27. The molecule has 0 bridgehead atoms. The van der Waals surface area contributed by atoms with Crippen molar-refractivity contribution in [3.63, 3.8) is 0 Å². The Hall–Kier alpha value is -2.99. The summed E-state index contributed by atoms with van der Waals surface area (Å²) in [4.78, 5) is 14.7. The minimum absolute atomic E-state index is 0.212. The number of hydrogen-bond donors (Lipinski definition) is 0. The molecule has 0 radical (unpaired) electrons. The highest BCUT2D eigenvalue weighted by atomic mass is 35.5. The summed E-state index contributed by atoms with van der Waals surface area (Å²) in [5.74, 6) is 1.62. The number of ether oxygens (including phenoxy) is 2. The zero-order valence-electron chi connectivity index (χ0n) is 15.5. The molecule has 0 saturated heterocycles. The van der Waals surface area contributed by atoms with Crippen molar-refractivity contribution in [3.8, 4) is 22.8 Å². The van der Waals surface area contributed by atoms with Gasteiger partial charge in [0.1, 0.15) is 23.6 Å². The maximum absolute atomic E-state index is 13.1. The van der Waals surface area contributed by atoms with Crippen molar-refractivity contribution < 1.29 is 18.8 Å². The average Bonchev–Trinajstić information content (AvgIpc) is 3.08. The Morgan fingerprint density at radius 2 is 1.89 bits per heavy atom. The van der Waals surface area contributed by atoms with Crippen LogP contribution in [0.5, 0.6) is 11.5 Å². The number of aryl methyl sites for hydroxylation is 1. The zero-order valence-corrected chi connectivity index (χ0v) is 16.3. The van der Waals surface area contributed by atoms with Gasteiger partial charge in [0.2, 0.25) is 0 Å². The van der Waals surface area contributed by atoms with Crippen LogP contribution in [0, 0.1) is 6.92 Å². The van der Waals surface area contributed by atoms with Gasteiger partial charge in [0.15, 0.2) is 17.6 Å². The fraction of sp³-hybridized carbons (Fsp3) is 0.238. The van der Waals surface area contributed by atoms with Gasteiger partial charge in [0, 0.05) is 12.6 Å². The maximum atomic E-state index is 13.1. The van der Waals surface area contributed by atoms with Crippen LogP contribution in [-0.4, -0.2) is 42.3 Å². The SMILES string of the molecule is Cc1onc(-c2ccccc2Cl)c1C(=O)N(C)CC1COc2ccccc2O1. The summed E-state index contributed by atoms with van der Waals surface area (Å²) < 4.78 is 17.0. The molecule has 1 amide bonds. The molecule has 0 N–H and O–H groups in total. The molecule has 0 aliphatic carbocycles. The van der Waals surface area contributed by atoms with Gasteiger partial charge in [0.05, 0.1) is 11.6 Å². The number of likely N-dealkylation sites (N-methyl/N-ethyl adjacent to an activating group) is 1. The molecule has 28 heavy (non-hydrogen) atoms. The molecule has 0 spiro atoms. The Morgan fingerprint density at radius 3 is 2.68 bits per heavy atom. The monoisotopic (exact) mass is 398 g/mol. The number of aromatic nitrogens is 1. The molecule has 1 atom stereocenters. The molecule has 7 heteroatoms. The van der Waals surface area contributed by atoms with Crippen LogP contribution in [-0.2, 0) is 0 Å². The molecule has 1 aromatic heterocycles. The van der Waals surface area contributed by atoms with E-state index in [1.54, 1.807) is 24.9 Å². The number of fused-ring (bicyclic) bond motifs is 1. The predicted octanol–water partition coefficient (Wildman–Crippen LogP) is 4.22. The topological polar surface area (TPSA) is 64.8 Å². The Kier molecular flexibility index (Phi) is 4.96. The van der Waals surface area contributed by atoms with Gasteiger partial charge in [-0.05, 0) is 25.1 Å². The summed E-state index contributed by atoms with van der Waals surface area (Å²) in [5.41, 5.74) is 1.49. The summed E-state index contributed by atoms with van der Waals surface area (Å²) in [6, 6.07) is 14.7. The largest absolute Gasteiger partial charge is 0.486 e. The third-order valence-corrected chi connectivity index (χ3v) is 4.93. The lowest BCUT2D eigenvalue weighted by molar-refractivity contribution is 0.0520. The van der Waals surface area contributed by atoms with E-state index >= 15 is 0 Å². The number of nitrogens with zero attached hydrogens (tertiary/aromatic N) is 2. The van der Waals surface area contributed by atoms with Crippen LogP contribution in [0.1, 0.15) is 16.1 Å². The van der Waals surface area contributed by atoms with Crippen LogP contribution >= 0.6 is 11.6 Å². The number of rotatable bonds is 4. The predicted molar refractivity (Wildman–Crippen MR) is 105 cm³/mol. The van der Waals surface area contributed by atoms with Crippen molar-refractivity contribution in [3.05, 3.63) is 64.9 Å². The summed E-state index contributed by atoms with van der Waals surface area (Å²) >= 11 is 6.28. The number of benzene rings is 2. The van der Waals surface area contributed by atoms with E-state index in [9.17, 15) is 4.79 Å². The molecule has 2 aromatic carbocycles. The first-order valence-electron chi connectivity index (χ1n) is 8.89. The van der Waals surface area contributed by atoms with E-state index < -0.39 is 0 Å². The van der Waals surface area contributed by atoms with E-state index in [0.29, 0.717) is 52.3 Å². The Morgan fingerprint density at radius 1 is 1.18 bits per heavy atom. The average molecular weight is 399 g/mol. The van der Waals surface area contributed by atoms with E-state index in [2.05, 4.69) is 5.16 Å². The third kappa shape index (κ3) is 3.43. The summed E-state index contributed by atoms with van der Waals surface area (Å²) in [7, 11) is 1.72. The van der Waals surface area contributed by atoms with Crippen molar-refractivity contribution >= 4 is 17.5 Å². The third-order valence-electron chi connectivity index (χ3n) is 4.60. The van der Waals surface area contributed by atoms with Crippen molar-refractivity contribution in [2.45, 2.75) is 13.0 Å². The second kappa shape index (κ2) is 7.56. The molecular formula is C21H19ClN2O4. The first kappa shape index (κ1) is 18.4. The van der Waals surface area contributed by atoms with Gasteiger partial charge < -0.3 is 18.9 Å². The molecule has 144 valence electrons. The molecule has 1 unspecified atom stereocenters. The van der Waals surface area contributed by atoms with Crippen LogP contribution in [0.3, 0.4) is 0 Å². The first-order chi connectivity index (χ1) is 13.5. The van der Waals surface area contributed by atoms with Gasteiger partial charge in [-0.1, -0.05) is 47.1 Å². The van der Waals surface area contributed by atoms with Crippen molar-refractivity contribution in [2.75, 3.05) is 20.2 Å². The van der Waals surface area contributed by atoms with E-state index in [1.165, 1.54) is 0 Å². The molecule has 1 aliphatic rings. The van der Waals surface area contributed by atoms with Crippen LogP contribution < -0.4 is 9.47 Å². The quantitative estimate of drug-likeness (QED) is 0.658. The minimum Gasteiger partial charge on any atom is -0.486 e. The van der Waals surface area contributed by atoms with Gasteiger partial charge in [0.25, 0.3) is 5.91 Å². The second-order valence-electron chi connectivity index (χ2n) is 6.63. The van der Waals surface area contributed by atoms with Gasteiger partial charge in [-0.2, -0.15) is 0 Å². The maximum Gasteiger partial charge on any atom is 0.259 e. The molecule has 2 heterocycles. The number of carbonyl (C=O) groups excluding carboxylic acids is 1. The van der Waals surface area contributed by atoms with Gasteiger partial charge in [-0.15, -0.1) is 0 Å². The van der Waals surface area contributed by atoms with Crippen molar-refractivity contribution in [1.82, 2.24) is 10.1 Å². The minimum atomic E-state index is -0.271. The number of para-hydroxylation sites is 2. The molecule has 0 saturated carbocycles. The number of halogens is 1.